The molecule has 0 radical (unpaired) electrons. The van der Waals surface area contributed by atoms with Gasteiger partial charge < -0.3 is 9.84 Å². The predicted molar refractivity (Wildman–Crippen MR) is 86.8 cm³/mol. The third-order valence-electron chi connectivity index (χ3n) is 4.58. The minimum absolute atomic E-state index is 0.181. The molecule has 0 saturated carbocycles. The lowest BCUT2D eigenvalue weighted by Crippen LogP contribution is -2.46. The largest absolute Gasteiger partial charge is 0.465 e. The molecule has 1 aromatic rings. The van der Waals surface area contributed by atoms with E-state index in [1.54, 1.807) is 18.2 Å². The van der Waals surface area contributed by atoms with Gasteiger partial charge in [0.2, 0.25) is 0 Å². The predicted octanol–water partition coefficient (Wildman–Crippen LogP) is 3.02. The zero-order chi connectivity index (χ0) is 16.3. The molecule has 22 heavy (non-hydrogen) atoms. The highest BCUT2D eigenvalue weighted by molar-refractivity contribution is 5.89. The highest BCUT2D eigenvalue weighted by Gasteiger charge is 2.30. The van der Waals surface area contributed by atoms with Crippen molar-refractivity contribution in [3.63, 3.8) is 0 Å². The summed E-state index contributed by atoms with van der Waals surface area (Å²) in [6, 6.07) is 7.14. The summed E-state index contributed by atoms with van der Waals surface area (Å²) in [5, 5.41) is 10.6. The van der Waals surface area contributed by atoms with Gasteiger partial charge >= 0.3 is 5.97 Å². The molecule has 0 aliphatic carbocycles. The molecule has 1 atom stereocenters. The van der Waals surface area contributed by atoms with Crippen LogP contribution < -0.4 is 0 Å². The number of carbonyl (C=O) groups excluding carboxylic acids is 1. The lowest BCUT2D eigenvalue weighted by molar-refractivity contribution is 0.0278. The Labute approximate surface area is 133 Å². The first-order valence-electron chi connectivity index (χ1n) is 7.94. The van der Waals surface area contributed by atoms with Crippen molar-refractivity contribution >= 4 is 5.97 Å². The summed E-state index contributed by atoms with van der Waals surface area (Å²) in [7, 11) is 1.37. The number of likely N-dealkylation sites (tertiary alicyclic amines) is 1. The minimum atomic E-state index is -0.522. The number of esters is 1. The van der Waals surface area contributed by atoms with E-state index in [0.717, 1.165) is 31.5 Å². The van der Waals surface area contributed by atoms with Crippen LogP contribution in [-0.2, 0) is 4.74 Å². The Morgan fingerprint density at radius 1 is 1.32 bits per heavy atom. The molecule has 4 nitrogen and oxygen atoms in total. The first kappa shape index (κ1) is 17.0. The fraction of sp³-hybridized carbons (Fsp3) is 0.611. The second kappa shape index (κ2) is 6.80. The summed E-state index contributed by atoms with van der Waals surface area (Å²) in [5.74, 6) is -0.122. The van der Waals surface area contributed by atoms with Crippen molar-refractivity contribution in [2.24, 2.45) is 5.92 Å². The molecule has 1 aliphatic rings. The molecule has 2 rings (SSSR count). The lowest BCUT2D eigenvalue weighted by Gasteiger charge is -2.42. The van der Waals surface area contributed by atoms with Crippen LogP contribution in [0.3, 0.4) is 0 Å². The molecule has 1 aliphatic heterocycles. The molecule has 1 saturated heterocycles. The lowest BCUT2D eigenvalue weighted by atomic mass is 9.85. The zero-order valence-corrected chi connectivity index (χ0v) is 14.0. The third kappa shape index (κ3) is 3.87. The summed E-state index contributed by atoms with van der Waals surface area (Å²) in [6.07, 6.45) is 1.42. The van der Waals surface area contributed by atoms with Gasteiger partial charge in [0, 0.05) is 5.54 Å². The second-order valence-electron chi connectivity index (χ2n) is 7.06. The average molecular weight is 305 g/mol. The normalized spacial score (nSPS) is 19.0. The number of nitrogens with zero attached hydrogens (tertiary/aromatic N) is 1. The van der Waals surface area contributed by atoms with Gasteiger partial charge in [-0.25, -0.2) is 4.79 Å². The standard InChI is InChI=1S/C18H27NO3/c1-18(2,3)19-10-8-13(9-11-19)16(20)14-6-5-7-15(12-14)17(21)22-4/h5-7,12-13,16,20H,8-11H2,1-4H3. The average Bonchev–Trinajstić information content (AvgIpc) is 2.53. The van der Waals surface area contributed by atoms with Gasteiger partial charge in [-0.15, -0.1) is 0 Å². The Hall–Kier alpha value is -1.39. The maximum Gasteiger partial charge on any atom is 0.337 e. The van der Waals surface area contributed by atoms with Crippen LogP contribution in [0.25, 0.3) is 0 Å². The SMILES string of the molecule is COC(=O)c1cccc(C(O)C2CCN(C(C)(C)C)CC2)c1. The van der Waals surface area contributed by atoms with Crippen LogP contribution in [-0.4, -0.2) is 41.7 Å². The fourth-order valence-electron chi connectivity index (χ4n) is 3.13. The maximum absolute atomic E-state index is 11.6. The van der Waals surface area contributed by atoms with Gasteiger partial charge in [-0.2, -0.15) is 0 Å². The fourth-order valence-corrected chi connectivity index (χ4v) is 3.13. The van der Waals surface area contributed by atoms with Crippen LogP contribution in [0, 0.1) is 5.92 Å². The molecule has 0 spiro atoms. The summed E-state index contributed by atoms with van der Waals surface area (Å²) >= 11 is 0. The molecule has 1 unspecified atom stereocenters. The van der Waals surface area contributed by atoms with Gasteiger partial charge in [-0.05, 0) is 70.3 Å². The first-order chi connectivity index (χ1) is 10.3. The van der Waals surface area contributed by atoms with Crippen molar-refractivity contribution in [1.29, 1.82) is 0 Å². The van der Waals surface area contributed by atoms with Crippen molar-refractivity contribution < 1.29 is 14.6 Å². The van der Waals surface area contributed by atoms with Crippen LogP contribution in [0.1, 0.15) is 55.6 Å². The Kier molecular flexibility index (Phi) is 5.24. The van der Waals surface area contributed by atoms with Gasteiger partial charge in [-0.3, -0.25) is 4.90 Å². The van der Waals surface area contributed by atoms with Crippen LogP contribution >= 0.6 is 0 Å². The highest BCUT2D eigenvalue weighted by atomic mass is 16.5. The summed E-state index contributed by atoms with van der Waals surface area (Å²) < 4.78 is 4.74. The Bertz CT molecular complexity index is 513. The van der Waals surface area contributed by atoms with E-state index < -0.39 is 6.10 Å². The molecular weight excluding hydrogens is 278 g/mol. The summed E-state index contributed by atoms with van der Waals surface area (Å²) in [5.41, 5.74) is 1.48. The topological polar surface area (TPSA) is 49.8 Å². The molecule has 0 bridgehead atoms. The van der Waals surface area contributed by atoms with Gasteiger partial charge in [-0.1, -0.05) is 12.1 Å². The van der Waals surface area contributed by atoms with Gasteiger partial charge in [0.1, 0.15) is 0 Å². The van der Waals surface area contributed by atoms with E-state index in [0.29, 0.717) is 5.56 Å². The van der Waals surface area contributed by atoms with Gasteiger partial charge in [0.05, 0.1) is 18.8 Å². The number of carbonyl (C=O) groups is 1. The van der Waals surface area contributed by atoms with Crippen molar-refractivity contribution in [3.8, 4) is 0 Å². The number of rotatable bonds is 3. The van der Waals surface area contributed by atoms with Crippen molar-refractivity contribution in [2.45, 2.75) is 45.3 Å². The monoisotopic (exact) mass is 305 g/mol. The van der Waals surface area contributed by atoms with Crippen LogP contribution in [0.4, 0.5) is 0 Å². The molecule has 1 aromatic carbocycles. The minimum Gasteiger partial charge on any atom is -0.465 e. The van der Waals surface area contributed by atoms with E-state index in [1.165, 1.54) is 7.11 Å². The molecule has 122 valence electrons. The quantitative estimate of drug-likeness (QED) is 0.872. The molecule has 0 amide bonds. The number of hydrogen-bond donors (Lipinski definition) is 1. The smallest absolute Gasteiger partial charge is 0.337 e. The van der Waals surface area contributed by atoms with Gasteiger partial charge in [0.15, 0.2) is 0 Å². The number of benzene rings is 1. The van der Waals surface area contributed by atoms with Crippen molar-refractivity contribution in [1.82, 2.24) is 4.90 Å². The van der Waals surface area contributed by atoms with Crippen LogP contribution in [0.15, 0.2) is 24.3 Å². The van der Waals surface area contributed by atoms with E-state index in [-0.39, 0.29) is 17.4 Å². The van der Waals surface area contributed by atoms with Crippen molar-refractivity contribution in [2.75, 3.05) is 20.2 Å². The Balaban J connectivity index is 2.04. The van der Waals surface area contributed by atoms with E-state index >= 15 is 0 Å². The Morgan fingerprint density at radius 2 is 1.95 bits per heavy atom. The second-order valence-corrected chi connectivity index (χ2v) is 7.06. The zero-order valence-electron chi connectivity index (χ0n) is 14.0. The van der Waals surface area contributed by atoms with Gasteiger partial charge in [0.25, 0.3) is 0 Å². The third-order valence-corrected chi connectivity index (χ3v) is 4.58. The highest BCUT2D eigenvalue weighted by Crippen LogP contribution is 2.33. The number of hydrogen-bond acceptors (Lipinski definition) is 4. The maximum atomic E-state index is 11.6. The number of aliphatic hydroxyl groups excluding tert-OH is 1. The molecule has 1 fully saturated rings. The van der Waals surface area contributed by atoms with Crippen molar-refractivity contribution in [3.05, 3.63) is 35.4 Å². The molecule has 4 heteroatoms. The van der Waals surface area contributed by atoms with Crippen LogP contribution in [0.2, 0.25) is 0 Å². The van der Waals surface area contributed by atoms with Crippen LogP contribution in [0.5, 0.6) is 0 Å². The molecular formula is C18H27NO3. The first-order valence-corrected chi connectivity index (χ1v) is 7.94. The summed E-state index contributed by atoms with van der Waals surface area (Å²) in [6.45, 7) is 8.68. The van der Waals surface area contributed by atoms with E-state index in [9.17, 15) is 9.90 Å². The number of piperidine rings is 1. The number of methoxy groups -OCH3 is 1. The van der Waals surface area contributed by atoms with E-state index in [4.69, 9.17) is 4.74 Å². The molecule has 1 N–H and O–H groups in total. The van der Waals surface area contributed by atoms with E-state index in [2.05, 4.69) is 25.7 Å². The number of aliphatic hydroxyl groups is 1. The molecule has 0 aromatic heterocycles. The molecule has 1 heterocycles. The number of ether oxygens (including phenoxy) is 1. The van der Waals surface area contributed by atoms with E-state index in [1.807, 2.05) is 6.07 Å². The summed E-state index contributed by atoms with van der Waals surface area (Å²) in [4.78, 5) is 14.1. The Morgan fingerprint density at radius 3 is 2.50 bits per heavy atom.